The molecule has 0 saturated heterocycles. The molecule has 0 aliphatic carbocycles. The number of halogens is 1. The van der Waals surface area contributed by atoms with Gasteiger partial charge in [-0.1, -0.05) is 51.5 Å². The van der Waals surface area contributed by atoms with E-state index in [1.165, 1.54) is 44.2 Å². The summed E-state index contributed by atoms with van der Waals surface area (Å²) in [6.07, 6.45) is 8.89. The first-order valence-electron chi connectivity index (χ1n) is 7.44. The second kappa shape index (κ2) is 8.84. The Hall–Kier alpha value is -1.18. The molecule has 0 unspecified atom stereocenters. The van der Waals surface area contributed by atoms with Crippen molar-refractivity contribution in [3.8, 4) is 0 Å². The van der Waals surface area contributed by atoms with Crippen molar-refractivity contribution < 1.29 is 9.18 Å². The van der Waals surface area contributed by atoms with Gasteiger partial charge in [0.25, 0.3) is 0 Å². The molecular weight excluding hydrogens is 239 g/mol. The number of carbonyl (C=O) groups excluding carboxylic acids is 1. The molecule has 1 aromatic carbocycles. The Bertz CT molecular complexity index is 398. The Morgan fingerprint density at radius 3 is 2.37 bits per heavy atom. The van der Waals surface area contributed by atoms with Crippen LogP contribution in [0.25, 0.3) is 0 Å². The molecule has 0 N–H and O–H groups in total. The Kier molecular flexibility index (Phi) is 7.39. The van der Waals surface area contributed by atoms with Crippen LogP contribution in [0.15, 0.2) is 18.2 Å². The smallest absolute Gasteiger partial charge is 0.163 e. The molecule has 0 saturated carbocycles. The number of hydrogen-bond acceptors (Lipinski definition) is 1. The second-order valence-corrected chi connectivity index (χ2v) is 5.25. The van der Waals surface area contributed by atoms with Gasteiger partial charge in [-0.2, -0.15) is 0 Å². The van der Waals surface area contributed by atoms with Gasteiger partial charge in [-0.3, -0.25) is 4.79 Å². The SMILES string of the molecule is CCCCCCCCCC(=O)c1cc(F)ccc1C. The zero-order valence-corrected chi connectivity index (χ0v) is 12.2. The average molecular weight is 264 g/mol. The van der Waals surface area contributed by atoms with Crippen molar-refractivity contribution in [3.63, 3.8) is 0 Å². The van der Waals surface area contributed by atoms with Gasteiger partial charge < -0.3 is 0 Å². The molecule has 19 heavy (non-hydrogen) atoms. The van der Waals surface area contributed by atoms with Crippen molar-refractivity contribution in [3.05, 3.63) is 35.1 Å². The highest BCUT2D eigenvalue weighted by Gasteiger charge is 2.09. The molecular formula is C17H25FO. The van der Waals surface area contributed by atoms with Gasteiger partial charge in [-0.25, -0.2) is 4.39 Å². The fourth-order valence-electron chi connectivity index (χ4n) is 2.27. The van der Waals surface area contributed by atoms with Gasteiger partial charge in [-0.05, 0) is 31.0 Å². The maximum Gasteiger partial charge on any atom is 0.163 e. The Morgan fingerprint density at radius 2 is 1.68 bits per heavy atom. The third kappa shape index (κ3) is 6.00. The van der Waals surface area contributed by atoms with Crippen molar-refractivity contribution in [2.24, 2.45) is 0 Å². The lowest BCUT2D eigenvalue weighted by molar-refractivity contribution is 0.0978. The van der Waals surface area contributed by atoms with Gasteiger partial charge in [0.2, 0.25) is 0 Å². The lowest BCUT2D eigenvalue weighted by Gasteiger charge is -2.05. The van der Waals surface area contributed by atoms with E-state index in [-0.39, 0.29) is 11.6 Å². The maximum absolute atomic E-state index is 13.1. The summed E-state index contributed by atoms with van der Waals surface area (Å²) in [7, 11) is 0. The summed E-state index contributed by atoms with van der Waals surface area (Å²) >= 11 is 0. The molecule has 2 heteroatoms. The topological polar surface area (TPSA) is 17.1 Å². The summed E-state index contributed by atoms with van der Waals surface area (Å²) in [5, 5.41) is 0. The minimum absolute atomic E-state index is 0.0746. The maximum atomic E-state index is 13.1. The molecule has 0 heterocycles. The van der Waals surface area contributed by atoms with Gasteiger partial charge >= 0.3 is 0 Å². The fraction of sp³-hybridized carbons (Fsp3) is 0.588. The molecule has 0 aliphatic rings. The van der Waals surface area contributed by atoms with Crippen LogP contribution in [0, 0.1) is 12.7 Å². The molecule has 0 aromatic heterocycles. The highest BCUT2D eigenvalue weighted by atomic mass is 19.1. The normalized spacial score (nSPS) is 10.7. The number of ketones is 1. The number of Topliss-reactive ketones (excluding diaryl/α,β-unsaturated/α-hetero) is 1. The summed E-state index contributed by atoms with van der Waals surface area (Å²) < 4.78 is 13.1. The number of hydrogen-bond donors (Lipinski definition) is 0. The van der Waals surface area contributed by atoms with Crippen molar-refractivity contribution >= 4 is 5.78 Å². The van der Waals surface area contributed by atoms with E-state index in [1.54, 1.807) is 6.07 Å². The van der Waals surface area contributed by atoms with E-state index < -0.39 is 0 Å². The van der Waals surface area contributed by atoms with Gasteiger partial charge in [0.05, 0.1) is 0 Å². The summed E-state index contributed by atoms with van der Waals surface area (Å²) in [5.41, 5.74) is 1.42. The third-order valence-electron chi connectivity index (χ3n) is 3.51. The van der Waals surface area contributed by atoms with Crippen LogP contribution in [0.1, 0.15) is 74.2 Å². The van der Waals surface area contributed by atoms with Crippen molar-refractivity contribution in [1.82, 2.24) is 0 Å². The number of rotatable bonds is 9. The fourth-order valence-corrected chi connectivity index (χ4v) is 2.27. The van der Waals surface area contributed by atoms with Crippen LogP contribution in [0.3, 0.4) is 0 Å². The van der Waals surface area contributed by atoms with Gasteiger partial charge in [-0.15, -0.1) is 0 Å². The quantitative estimate of drug-likeness (QED) is 0.427. The summed E-state index contributed by atoms with van der Waals surface area (Å²) in [4.78, 5) is 12.0. The Morgan fingerprint density at radius 1 is 1.05 bits per heavy atom. The molecule has 0 aliphatic heterocycles. The van der Waals surface area contributed by atoms with E-state index >= 15 is 0 Å². The number of carbonyl (C=O) groups is 1. The standard InChI is InChI=1S/C17H25FO/c1-3-4-5-6-7-8-9-10-17(19)16-13-15(18)12-11-14(16)2/h11-13H,3-10H2,1-2H3. The largest absolute Gasteiger partial charge is 0.294 e. The summed E-state index contributed by atoms with van der Waals surface area (Å²) in [6, 6.07) is 4.44. The van der Waals surface area contributed by atoms with E-state index in [2.05, 4.69) is 6.92 Å². The van der Waals surface area contributed by atoms with Crippen LogP contribution in [0.4, 0.5) is 4.39 Å². The average Bonchev–Trinajstić information content (AvgIpc) is 2.40. The van der Waals surface area contributed by atoms with E-state index in [0.717, 1.165) is 18.4 Å². The molecule has 106 valence electrons. The highest BCUT2D eigenvalue weighted by Crippen LogP contribution is 2.15. The Balaban J connectivity index is 2.26. The molecule has 0 atom stereocenters. The first kappa shape index (κ1) is 15.9. The molecule has 0 spiro atoms. The van der Waals surface area contributed by atoms with Crippen molar-refractivity contribution in [1.29, 1.82) is 0 Å². The molecule has 1 aromatic rings. The van der Waals surface area contributed by atoms with Crippen LogP contribution in [0.2, 0.25) is 0 Å². The number of benzene rings is 1. The molecule has 1 rings (SSSR count). The van der Waals surface area contributed by atoms with Crippen LogP contribution < -0.4 is 0 Å². The van der Waals surface area contributed by atoms with Gasteiger partial charge in [0.15, 0.2) is 5.78 Å². The molecule has 0 radical (unpaired) electrons. The monoisotopic (exact) mass is 264 g/mol. The van der Waals surface area contributed by atoms with E-state index in [4.69, 9.17) is 0 Å². The van der Waals surface area contributed by atoms with Crippen molar-refractivity contribution in [2.75, 3.05) is 0 Å². The number of aryl methyl sites for hydroxylation is 1. The van der Waals surface area contributed by atoms with E-state index in [9.17, 15) is 9.18 Å². The minimum atomic E-state index is -0.325. The summed E-state index contributed by atoms with van der Waals surface area (Å²) in [5.74, 6) is -0.251. The highest BCUT2D eigenvalue weighted by molar-refractivity contribution is 5.97. The molecule has 0 bridgehead atoms. The molecule has 0 fully saturated rings. The predicted molar refractivity (Wildman–Crippen MR) is 78.1 cm³/mol. The minimum Gasteiger partial charge on any atom is -0.294 e. The lowest BCUT2D eigenvalue weighted by atomic mass is 9.99. The molecule has 1 nitrogen and oxygen atoms in total. The van der Waals surface area contributed by atoms with Crippen LogP contribution in [0.5, 0.6) is 0 Å². The zero-order chi connectivity index (χ0) is 14.1. The first-order chi connectivity index (χ1) is 9.15. The van der Waals surface area contributed by atoms with Gasteiger partial charge in [0, 0.05) is 12.0 Å². The van der Waals surface area contributed by atoms with Crippen molar-refractivity contribution in [2.45, 2.75) is 65.2 Å². The summed E-state index contributed by atoms with van der Waals surface area (Å²) in [6.45, 7) is 4.07. The van der Waals surface area contributed by atoms with Crippen LogP contribution >= 0.6 is 0 Å². The first-order valence-corrected chi connectivity index (χ1v) is 7.44. The third-order valence-corrected chi connectivity index (χ3v) is 3.51. The second-order valence-electron chi connectivity index (χ2n) is 5.25. The van der Waals surface area contributed by atoms with E-state index in [0.29, 0.717) is 12.0 Å². The van der Waals surface area contributed by atoms with Crippen LogP contribution in [-0.4, -0.2) is 5.78 Å². The predicted octanol–water partition coefficient (Wildman–Crippen LogP) is 5.46. The van der Waals surface area contributed by atoms with E-state index in [1.807, 2.05) is 6.92 Å². The number of unbranched alkanes of at least 4 members (excludes halogenated alkanes) is 6. The van der Waals surface area contributed by atoms with Gasteiger partial charge in [0.1, 0.15) is 5.82 Å². The zero-order valence-electron chi connectivity index (χ0n) is 12.2. The molecule has 0 amide bonds. The van der Waals surface area contributed by atoms with Crippen LogP contribution in [-0.2, 0) is 0 Å². The lowest BCUT2D eigenvalue weighted by Crippen LogP contribution is -2.02. The Labute approximate surface area is 116 Å².